The maximum absolute atomic E-state index is 11.7. The number of nitrogens with zero attached hydrogens (tertiary/aromatic N) is 3. The summed E-state index contributed by atoms with van der Waals surface area (Å²) in [6, 6.07) is 1.55. The largest absolute Gasteiger partial charge is 0.345 e. The van der Waals surface area contributed by atoms with Crippen LogP contribution in [-0.4, -0.2) is 40.4 Å². The van der Waals surface area contributed by atoms with E-state index in [4.69, 9.17) is 0 Å². The van der Waals surface area contributed by atoms with Crippen LogP contribution in [0.25, 0.3) is 0 Å². The Morgan fingerprint density at radius 3 is 2.69 bits per heavy atom. The molecule has 0 aromatic carbocycles. The lowest BCUT2D eigenvalue weighted by atomic mass is 10.3. The van der Waals surface area contributed by atoms with Crippen molar-refractivity contribution < 1.29 is 4.79 Å². The summed E-state index contributed by atoms with van der Waals surface area (Å²) in [5, 5.41) is 3.10. The first kappa shape index (κ1) is 12.6. The summed E-state index contributed by atoms with van der Waals surface area (Å²) in [6.45, 7) is 5.01. The summed E-state index contributed by atoms with van der Waals surface area (Å²) >= 11 is 0. The summed E-state index contributed by atoms with van der Waals surface area (Å²) in [7, 11) is 1.79. The molecule has 1 atom stereocenters. The number of likely N-dealkylation sites (N-methyl/N-ethyl adjacent to an activating group) is 1. The second-order valence-corrected chi connectivity index (χ2v) is 3.62. The smallest absolute Gasteiger partial charge is 0.239 e. The second-order valence-electron chi connectivity index (χ2n) is 3.62. The summed E-state index contributed by atoms with van der Waals surface area (Å²) in [5.74, 6) is 0.778. The van der Waals surface area contributed by atoms with Crippen LogP contribution in [0.5, 0.6) is 0 Å². The van der Waals surface area contributed by atoms with Gasteiger partial charge in [-0.2, -0.15) is 0 Å². The average molecular weight is 222 g/mol. The minimum absolute atomic E-state index is 0.0819. The summed E-state index contributed by atoms with van der Waals surface area (Å²) in [4.78, 5) is 21.6. The molecule has 88 valence electrons. The molecule has 1 amide bonds. The summed E-state index contributed by atoms with van der Waals surface area (Å²) in [6.07, 6.45) is 3.38. The third-order valence-electron chi connectivity index (χ3n) is 2.41. The predicted molar refractivity (Wildman–Crippen MR) is 61.6 cm³/mol. The predicted octanol–water partition coefficient (Wildman–Crippen LogP) is 0.433. The van der Waals surface area contributed by atoms with Crippen LogP contribution in [0.2, 0.25) is 0 Å². The Morgan fingerprint density at radius 2 is 2.12 bits per heavy atom. The lowest BCUT2D eigenvalue weighted by molar-refractivity contribution is -0.131. The van der Waals surface area contributed by atoms with Crippen LogP contribution >= 0.6 is 0 Å². The highest BCUT2D eigenvalue weighted by Crippen LogP contribution is 1.94. The zero-order valence-corrected chi connectivity index (χ0v) is 9.97. The fourth-order valence-corrected chi connectivity index (χ4v) is 1.24. The van der Waals surface area contributed by atoms with Crippen molar-refractivity contribution in [2.24, 2.45) is 0 Å². The fourth-order valence-electron chi connectivity index (χ4n) is 1.24. The monoisotopic (exact) mass is 222 g/mol. The molecule has 5 nitrogen and oxygen atoms in total. The van der Waals surface area contributed by atoms with E-state index >= 15 is 0 Å². The Morgan fingerprint density at radius 1 is 1.50 bits per heavy atom. The van der Waals surface area contributed by atoms with Gasteiger partial charge in [-0.15, -0.1) is 0 Å². The summed E-state index contributed by atoms with van der Waals surface area (Å²) in [5.41, 5.74) is 0. The molecule has 1 N–H and O–H groups in total. The van der Waals surface area contributed by atoms with Gasteiger partial charge in [0.05, 0.1) is 12.6 Å². The highest BCUT2D eigenvalue weighted by Gasteiger charge is 2.15. The standard InChI is InChI=1S/C11H18N4O/c1-4-15(3)11(16)9(2)14-8-10-12-6-5-7-13-10/h5-7,9,14H,4,8H2,1-3H3. The fraction of sp³-hybridized carbons (Fsp3) is 0.545. The normalized spacial score (nSPS) is 12.2. The molecule has 1 rings (SSSR count). The van der Waals surface area contributed by atoms with Crippen molar-refractivity contribution in [1.82, 2.24) is 20.2 Å². The molecule has 1 heterocycles. The van der Waals surface area contributed by atoms with Crippen molar-refractivity contribution in [2.45, 2.75) is 26.4 Å². The molecule has 1 aromatic heterocycles. The van der Waals surface area contributed by atoms with E-state index in [2.05, 4.69) is 15.3 Å². The van der Waals surface area contributed by atoms with Gasteiger partial charge in [0.15, 0.2) is 0 Å². The van der Waals surface area contributed by atoms with Gasteiger partial charge in [0.25, 0.3) is 0 Å². The van der Waals surface area contributed by atoms with Crippen LogP contribution in [-0.2, 0) is 11.3 Å². The van der Waals surface area contributed by atoms with E-state index in [0.29, 0.717) is 18.9 Å². The van der Waals surface area contributed by atoms with Crippen molar-refractivity contribution in [1.29, 1.82) is 0 Å². The zero-order valence-electron chi connectivity index (χ0n) is 9.97. The number of amides is 1. The molecule has 5 heteroatoms. The Labute approximate surface area is 95.9 Å². The van der Waals surface area contributed by atoms with E-state index in [1.54, 1.807) is 30.4 Å². The van der Waals surface area contributed by atoms with E-state index in [0.717, 1.165) is 0 Å². The molecule has 0 radical (unpaired) electrons. The molecule has 0 aliphatic rings. The van der Waals surface area contributed by atoms with Crippen molar-refractivity contribution in [2.75, 3.05) is 13.6 Å². The molecular formula is C11H18N4O. The number of nitrogens with one attached hydrogen (secondary N) is 1. The number of hydrogen-bond acceptors (Lipinski definition) is 4. The van der Waals surface area contributed by atoms with Crippen LogP contribution in [0.3, 0.4) is 0 Å². The SMILES string of the molecule is CCN(C)C(=O)C(C)NCc1ncccn1. The molecule has 0 fully saturated rings. The number of rotatable bonds is 5. The third kappa shape index (κ3) is 3.58. The van der Waals surface area contributed by atoms with Gasteiger partial charge in [-0.1, -0.05) is 0 Å². The van der Waals surface area contributed by atoms with Gasteiger partial charge >= 0.3 is 0 Å². The molecule has 0 spiro atoms. The first-order chi connectivity index (χ1) is 7.65. The highest BCUT2D eigenvalue weighted by molar-refractivity contribution is 5.81. The van der Waals surface area contributed by atoms with E-state index in [9.17, 15) is 4.79 Å². The second kappa shape index (κ2) is 6.17. The average Bonchev–Trinajstić information content (AvgIpc) is 2.35. The maximum atomic E-state index is 11.7. The van der Waals surface area contributed by atoms with Gasteiger partial charge in [-0.3, -0.25) is 10.1 Å². The van der Waals surface area contributed by atoms with Crippen molar-refractivity contribution in [3.05, 3.63) is 24.3 Å². The molecule has 1 unspecified atom stereocenters. The van der Waals surface area contributed by atoms with Crippen LogP contribution in [0, 0.1) is 0 Å². The minimum Gasteiger partial charge on any atom is -0.345 e. The highest BCUT2D eigenvalue weighted by atomic mass is 16.2. The topological polar surface area (TPSA) is 58.1 Å². The number of aromatic nitrogens is 2. The third-order valence-corrected chi connectivity index (χ3v) is 2.41. The Hall–Kier alpha value is -1.49. The Balaban J connectivity index is 2.41. The summed E-state index contributed by atoms with van der Waals surface area (Å²) < 4.78 is 0. The lowest BCUT2D eigenvalue weighted by Gasteiger charge is -2.20. The number of hydrogen-bond donors (Lipinski definition) is 1. The van der Waals surface area contributed by atoms with E-state index < -0.39 is 0 Å². The van der Waals surface area contributed by atoms with Crippen LogP contribution < -0.4 is 5.32 Å². The molecule has 0 aliphatic heterocycles. The minimum atomic E-state index is -0.214. The zero-order chi connectivity index (χ0) is 12.0. The Bertz CT molecular complexity index is 328. The van der Waals surface area contributed by atoms with Gasteiger partial charge in [-0.25, -0.2) is 9.97 Å². The van der Waals surface area contributed by atoms with Gasteiger partial charge < -0.3 is 4.90 Å². The first-order valence-electron chi connectivity index (χ1n) is 5.39. The molecule has 0 bridgehead atoms. The van der Waals surface area contributed by atoms with E-state index in [-0.39, 0.29) is 11.9 Å². The van der Waals surface area contributed by atoms with E-state index in [1.807, 2.05) is 13.8 Å². The maximum Gasteiger partial charge on any atom is 0.239 e. The molecule has 0 saturated heterocycles. The number of carbonyl (C=O) groups excluding carboxylic acids is 1. The molecule has 1 aromatic rings. The van der Waals surface area contributed by atoms with E-state index in [1.165, 1.54) is 0 Å². The van der Waals surface area contributed by atoms with Crippen molar-refractivity contribution in [3.8, 4) is 0 Å². The van der Waals surface area contributed by atoms with Crippen LogP contribution in [0.15, 0.2) is 18.5 Å². The molecular weight excluding hydrogens is 204 g/mol. The van der Waals surface area contributed by atoms with Crippen molar-refractivity contribution in [3.63, 3.8) is 0 Å². The Kier molecular flexibility index (Phi) is 4.85. The molecule has 0 saturated carbocycles. The van der Waals surface area contributed by atoms with Gasteiger partial charge in [-0.05, 0) is 19.9 Å². The van der Waals surface area contributed by atoms with Gasteiger partial charge in [0.2, 0.25) is 5.91 Å². The van der Waals surface area contributed by atoms with Gasteiger partial charge in [0.1, 0.15) is 5.82 Å². The van der Waals surface area contributed by atoms with Crippen LogP contribution in [0.4, 0.5) is 0 Å². The van der Waals surface area contributed by atoms with Crippen LogP contribution in [0.1, 0.15) is 19.7 Å². The quantitative estimate of drug-likeness (QED) is 0.785. The molecule has 0 aliphatic carbocycles. The van der Waals surface area contributed by atoms with Crippen molar-refractivity contribution >= 4 is 5.91 Å². The lowest BCUT2D eigenvalue weighted by Crippen LogP contribution is -2.42. The first-order valence-corrected chi connectivity index (χ1v) is 5.39. The van der Waals surface area contributed by atoms with Gasteiger partial charge in [0, 0.05) is 26.0 Å². The molecule has 16 heavy (non-hydrogen) atoms. The number of carbonyl (C=O) groups is 1.